The minimum Gasteiger partial charge on any atom is -0.482 e. The van der Waals surface area contributed by atoms with E-state index in [-0.39, 0.29) is 11.7 Å². The summed E-state index contributed by atoms with van der Waals surface area (Å²) in [5.74, 6) is -0.0976. The highest BCUT2D eigenvalue weighted by Crippen LogP contribution is 2.48. The maximum Gasteiger partial charge on any atom is 0.260 e. The van der Waals surface area contributed by atoms with Crippen LogP contribution in [0.2, 0.25) is 0 Å². The van der Waals surface area contributed by atoms with Crippen molar-refractivity contribution < 1.29 is 13.9 Å². The van der Waals surface area contributed by atoms with Crippen LogP contribution in [0.5, 0.6) is 0 Å². The van der Waals surface area contributed by atoms with E-state index in [9.17, 15) is 9.18 Å². The predicted molar refractivity (Wildman–Crippen MR) is 114 cm³/mol. The highest BCUT2D eigenvalue weighted by atomic mass is 19.1. The average Bonchev–Trinajstić information content (AvgIpc) is 3.14. The topological polar surface area (TPSA) is 41.6 Å². The molecule has 0 spiro atoms. The van der Waals surface area contributed by atoms with Crippen LogP contribution in [0.1, 0.15) is 49.9 Å². The molecule has 2 aliphatic heterocycles. The van der Waals surface area contributed by atoms with E-state index >= 15 is 0 Å². The number of nitrogens with zero attached hydrogens (tertiary/aromatic N) is 1. The van der Waals surface area contributed by atoms with Gasteiger partial charge in [0, 0.05) is 28.9 Å². The number of carbonyl (C=O) groups is 1. The van der Waals surface area contributed by atoms with Crippen molar-refractivity contribution in [3.8, 4) is 0 Å². The van der Waals surface area contributed by atoms with Crippen molar-refractivity contribution in [3.63, 3.8) is 0 Å². The molecule has 4 rings (SSSR count). The van der Waals surface area contributed by atoms with E-state index in [2.05, 4.69) is 36.2 Å². The Morgan fingerprint density at radius 1 is 1.07 bits per heavy atom. The zero-order chi connectivity index (χ0) is 20.8. The minimum atomic E-state index is -0.556. The van der Waals surface area contributed by atoms with E-state index in [0.717, 1.165) is 37.2 Å². The maximum atomic E-state index is 13.9. The number of hydrogen-bond acceptors (Lipinski definition) is 3. The first-order chi connectivity index (χ1) is 13.8. The predicted octanol–water partition coefficient (Wildman–Crippen LogP) is 4.80. The molecule has 0 saturated heterocycles. The molecule has 0 aromatic heterocycles. The second-order valence-electron chi connectivity index (χ2n) is 8.12. The van der Waals surface area contributed by atoms with Crippen LogP contribution in [0.3, 0.4) is 0 Å². The first-order valence-electron chi connectivity index (χ1n) is 10.2. The molecular formula is C24H27FN2O2. The fraction of sp³-hybridized carbons (Fsp3) is 0.375. The molecule has 0 aliphatic carbocycles. The van der Waals surface area contributed by atoms with Crippen LogP contribution >= 0.6 is 0 Å². The highest BCUT2D eigenvalue weighted by molar-refractivity contribution is 6.36. The Hall–Kier alpha value is -2.66. The standard InChI is InChI=1S/C24H27FN2O2/c1-5-27(6-2)12-11-15-7-9-17-19(13-15)24(3,4)29-22(17)21-18-14-16(25)8-10-20(18)26-23(21)28/h7-10,13-14H,5-6,11-12H2,1-4H3,(H,26,28)/b22-21+. The normalized spacial score (nSPS) is 19.2. The van der Waals surface area contributed by atoms with Gasteiger partial charge in [-0.1, -0.05) is 32.0 Å². The van der Waals surface area contributed by atoms with Crippen LogP contribution in [0.4, 0.5) is 10.1 Å². The van der Waals surface area contributed by atoms with Crippen molar-refractivity contribution in [2.45, 2.75) is 39.7 Å². The summed E-state index contributed by atoms with van der Waals surface area (Å²) in [4.78, 5) is 15.1. The molecule has 0 unspecified atom stereocenters. The zero-order valence-electron chi connectivity index (χ0n) is 17.4. The quantitative estimate of drug-likeness (QED) is 0.741. The first kappa shape index (κ1) is 19.6. The second kappa shape index (κ2) is 7.30. The zero-order valence-corrected chi connectivity index (χ0v) is 17.4. The van der Waals surface area contributed by atoms with Crippen LogP contribution in [0.15, 0.2) is 36.4 Å². The van der Waals surface area contributed by atoms with Crippen molar-refractivity contribution >= 4 is 22.9 Å². The molecule has 152 valence electrons. The number of amides is 1. The van der Waals surface area contributed by atoms with E-state index in [1.54, 1.807) is 6.07 Å². The summed E-state index contributed by atoms with van der Waals surface area (Å²) in [5, 5.41) is 2.82. The molecule has 4 nitrogen and oxygen atoms in total. The van der Waals surface area contributed by atoms with Gasteiger partial charge in [-0.2, -0.15) is 0 Å². The van der Waals surface area contributed by atoms with Gasteiger partial charge in [-0.3, -0.25) is 4.79 Å². The molecule has 0 bridgehead atoms. The molecule has 2 aromatic rings. The molecule has 2 heterocycles. The Bertz CT molecular complexity index is 1010. The third kappa shape index (κ3) is 3.44. The van der Waals surface area contributed by atoms with Crippen LogP contribution in [0.25, 0.3) is 11.3 Å². The van der Waals surface area contributed by atoms with E-state index in [1.165, 1.54) is 17.7 Å². The van der Waals surface area contributed by atoms with Gasteiger partial charge < -0.3 is 15.0 Å². The number of benzene rings is 2. The third-order valence-electron chi connectivity index (χ3n) is 5.90. The first-order valence-corrected chi connectivity index (χ1v) is 10.2. The Kier molecular flexibility index (Phi) is 4.95. The van der Waals surface area contributed by atoms with Gasteiger partial charge >= 0.3 is 0 Å². The largest absolute Gasteiger partial charge is 0.482 e. The number of likely N-dealkylation sites (N-methyl/N-ethyl adjacent to an activating group) is 1. The van der Waals surface area contributed by atoms with Crippen LogP contribution < -0.4 is 5.32 Å². The molecule has 0 atom stereocenters. The number of halogens is 1. The second-order valence-corrected chi connectivity index (χ2v) is 8.12. The molecule has 1 N–H and O–H groups in total. The SMILES string of the molecule is CCN(CC)CCc1ccc2c(c1)C(C)(C)O/C2=C1/C(=O)Nc2ccc(F)cc21. The van der Waals surface area contributed by atoms with E-state index in [4.69, 9.17) is 4.74 Å². The third-order valence-corrected chi connectivity index (χ3v) is 5.90. The van der Waals surface area contributed by atoms with Crippen molar-refractivity contribution in [2.75, 3.05) is 25.0 Å². The average molecular weight is 394 g/mol. The molecule has 2 aromatic carbocycles. The summed E-state index contributed by atoms with van der Waals surface area (Å²) in [6.45, 7) is 11.5. The van der Waals surface area contributed by atoms with Crippen molar-refractivity contribution in [1.29, 1.82) is 0 Å². The maximum absolute atomic E-state index is 13.9. The van der Waals surface area contributed by atoms with Crippen molar-refractivity contribution in [2.24, 2.45) is 0 Å². The summed E-state index contributed by atoms with van der Waals surface area (Å²) in [6, 6.07) is 10.7. The van der Waals surface area contributed by atoms with Crippen LogP contribution in [0, 0.1) is 5.82 Å². The number of hydrogen-bond donors (Lipinski definition) is 1. The smallest absolute Gasteiger partial charge is 0.260 e. The Balaban J connectivity index is 1.75. The van der Waals surface area contributed by atoms with E-state index < -0.39 is 5.60 Å². The lowest BCUT2D eigenvalue weighted by molar-refractivity contribution is -0.110. The summed E-state index contributed by atoms with van der Waals surface area (Å²) in [5.41, 5.74) is 4.24. The van der Waals surface area contributed by atoms with Gasteiger partial charge in [-0.25, -0.2) is 4.39 Å². The van der Waals surface area contributed by atoms with Crippen LogP contribution in [-0.2, 0) is 21.6 Å². The Labute approximate surface area is 171 Å². The monoisotopic (exact) mass is 394 g/mol. The molecule has 5 heteroatoms. The van der Waals surface area contributed by atoms with Gasteiger partial charge in [0.2, 0.25) is 0 Å². The Morgan fingerprint density at radius 3 is 2.55 bits per heavy atom. The molecule has 0 saturated carbocycles. The summed E-state index contributed by atoms with van der Waals surface area (Å²) in [6.07, 6.45) is 0.964. The summed E-state index contributed by atoms with van der Waals surface area (Å²) >= 11 is 0. The number of carbonyl (C=O) groups excluding carboxylic acids is 1. The van der Waals surface area contributed by atoms with Gasteiger partial charge in [-0.05, 0) is 57.1 Å². The fourth-order valence-electron chi connectivity index (χ4n) is 4.19. The van der Waals surface area contributed by atoms with Crippen molar-refractivity contribution in [3.05, 3.63) is 64.5 Å². The lowest BCUT2D eigenvalue weighted by Crippen LogP contribution is -2.25. The van der Waals surface area contributed by atoms with Gasteiger partial charge in [0.25, 0.3) is 5.91 Å². The fourth-order valence-corrected chi connectivity index (χ4v) is 4.19. The van der Waals surface area contributed by atoms with Crippen molar-refractivity contribution in [1.82, 2.24) is 4.90 Å². The Morgan fingerprint density at radius 2 is 1.83 bits per heavy atom. The summed E-state index contributed by atoms with van der Waals surface area (Å²) < 4.78 is 20.1. The lowest BCUT2D eigenvalue weighted by atomic mass is 9.91. The molecular weight excluding hydrogens is 367 g/mol. The molecule has 29 heavy (non-hydrogen) atoms. The molecule has 0 fully saturated rings. The molecule has 0 radical (unpaired) electrons. The number of nitrogens with one attached hydrogen (secondary N) is 1. The highest BCUT2D eigenvalue weighted by Gasteiger charge is 2.40. The number of anilines is 1. The van der Waals surface area contributed by atoms with E-state index in [0.29, 0.717) is 22.6 Å². The van der Waals surface area contributed by atoms with Gasteiger partial charge in [0.15, 0.2) is 0 Å². The van der Waals surface area contributed by atoms with E-state index in [1.807, 2.05) is 19.9 Å². The minimum absolute atomic E-state index is 0.255. The molecule has 1 amide bonds. The lowest BCUT2D eigenvalue weighted by Gasteiger charge is -2.21. The molecule has 2 aliphatic rings. The number of fused-ring (bicyclic) bond motifs is 2. The number of rotatable bonds is 5. The summed E-state index contributed by atoms with van der Waals surface area (Å²) in [7, 11) is 0. The van der Waals surface area contributed by atoms with Crippen LogP contribution in [-0.4, -0.2) is 30.4 Å². The number of ether oxygens (including phenoxy) is 1. The van der Waals surface area contributed by atoms with Gasteiger partial charge in [0.1, 0.15) is 17.2 Å². The van der Waals surface area contributed by atoms with Gasteiger partial charge in [-0.15, -0.1) is 0 Å². The van der Waals surface area contributed by atoms with Gasteiger partial charge in [0.05, 0.1) is 5.57 Å².